The van der Waals surface area contributed by atoms with Gasteiger partial charge in [0.15, 0.2) is 0 Å². The number of fused-ring (bicyclic) bond motifs is 1. The first kappa shape index (κ1) is 17.5. The predicted octanol–water partition coefficient (Wildman–Crippen LogP) is 2.43. The number of rotatable bonds is 6. The van der Waals surface area contributed by atoms with Crippen molar-refractivity contribution in [3.63, 3.8) is 0 Å². The lowest BCUT2D eigenvalue weighted by Gasteiger charge is -2.20. The number of nitrogens with one attached hydrogen (secondary N) is 1. The van der Waals surface area contributed by atoms with E-state index in [1.54, 1.807) is 0 Å². The van der Waals surface area contributed by atoms with Gasteiger partial charge >= 0.3 is 6.09 Å². The van der Waals surface area contributed by atoms with Gasteiger partial charge in [-0.05, 0) is 28.3 Å². The van der Waals surface area contributed by atoms with Crippen molar-refractivity contribution in [1.29, 1.82) is 0 Å². The fraction of sp³-hybridized carbons (Fsp3) is 0.143. The molecule has 5 nitrogen and oxygen atoms in total. The number of alkyl carbamates (subject to hydrolysis) is 1. The predicted molar refractivity (Wildman–Crippen MR) is 96.2 cm³/mol. The molecule has 0 heterocycles. The molecule has 0 bridgehead atoms. The summed E-state index contributed by atoms with van der Waals surface area (Å²) in [5.41, 5.74) is 1.61. The van der Waals surface area contributed by atoms with Gasteiger partial charge in [-0.15, -0.1) is 0 Å². The Kier molecular flexibility index (Phi) is 5.49. The highest BCUT2D eigenvalue weighted by Crippen LogP contribution is 2.16. The summed E-state index contributed by atoms with van der Waals surface area (Å²) in [4.78, 5) is 23.3. The van der Waals surface area contributed by atoms with Crippen molar-refractivity contribution in [1.82, 2.24) is 5.32 Å². The third kappa shape index (κ3) is 4.60. The summed E-state index contributed by atoms with van der Waals surface area (Å²) in [6.45, 7) is 0.0718. The van der Waals surface area contributed by atoms with Gasteiger partial charge in [-0.1, -0.05) is 72.8 Å². The SMILES string of the molecule is O=C(N[C@@H](Cc1ccc2ccccc2c1)C(=O)[O-])OCc1ccccc1. The second-order valence-electron chi connectivity index (χ2n) is 5.96. The van der Waals surface area contributed by atoms with Crippen molar-refractivity contribution in [3.05, 3.63) is 83.9 Å². The first-order chi connectivity index (χ1) is 12.6. The Morgan fingerprint density at radius 1 is 0.885 bits per heavy atom. The van der Waals surface area contributed by atoms with Crippen LogP contribution in [0.4, 0.5) is 4.79 Å². The van der Waals surface area contributed by atoms with E-state index in [0.29, 0.717) is 0 Å². The highest BCUT2D eigenvalue weighted by Gasteiger charge is 2.15. The highest BCUT2D eigenvalue weighted by atomic mass is 16.5. The van der Waals surface area contributed by atoms with Crippen molar-refractivity contribution in [2.24, 2.45) is 0 Å². The standard InChI is InChI=1S/C21H19NO4/c23-20(24)19(22-21(25)26-14-15-6-2-1-3-7-15)13-16-10-11-17-8-4-5-9-18(17)12-16/h1-12,19H,13-14H2,(H,22,25)(H,23,24)/p-1/t19-/m0/s1. The zero-order chi connectivity index (χ0) is 18.4. The number of benzene rings is 3. The number of carbonyl (C=O) groups excluding carboxylic acids is 2. The van der Waals surface area contributed by atoms with E-state index in [4.69, 9.17) is 4.74 Å². The average Bonchev–Trinajstić information content (AvgIpc) is 2.66. The summed E-state index contributed by atoms with van der Waals surface area (Å²) in [5.74, 6) is -1.35. The third-order valence-electron chi connectivity index (χ3n) is 4.04. The van der Waals surface area contributed by atoms with Crippen molar-refractivity contribution in [2.45, 2.75) is 19.1 Å². The van der Waals surface area contributed by atoms with Crippen molar-refractivity contribution in [2.75, 3.05) is 0 Å². The minimum Gasteiger partial charge on any atom is -0.548 e. The molecular formula is C21H18NO4-. The van der Waals surface area contributed by atoms with Gasteiger partial charge < -0.3 is 20.0 Å². The minimum absolute atomic E-state index is 0.0718. The molecule has 0 aromatic heterocycles. The number of hydrogen-bond donors (Lipinski definition) is 1. The maximum atomic E-state index is 11.9. The van der Waals surface area contributed by atoms with Crippen LogP contribution in [0.5, 0.6) is 0 Å². The van der Waals surface area contributed by atoms with Crippen LogP contribution in [0.1, 0.15) is 11.1 Å². The Labute approximate surface area is 151 Å². The number of carbonyl (C=O) groups is 2. The molecule has 1 amide bonds. The molecule has 0 aliphatic carbocycles. The molecule has 5 heteroatoms. The molecule has 0 saturated carbocycles. The van der Waals surface area contributed by atoms with Crippen LogP contribution in [-0.2, 0) is 22.6 Å². The molecule has 3 aromatic carbocycles. The van der Waals surface area contributed by atoms with Crippen molar-refractivity contribution in [3.8, 4) is 0 Å². The number of ether oxygens (including phenoxy) is 1. The molecule has 3 rings (SSSR count). The van der Waals surface area contributed by atoms with Crippen LogP contribution < -0.4 is 10.4 Å². The summed E-state index contributed by atoms with van der Waals surface area (Å²) in [6.07, 6.45) is -0.669. The first-order valence-corrected chi connectivity index (χ1v) is 8.27. The Morgan fingerprint density at radius 3 is 2.31 bits per heavy atom. The largest absolute Gasteiger partial charge is 0.548 e. The summed E-state index contributed by atoms with van der Waals surface area (Å²) in [7, 11) is 0. The molecule has 26 heavy (non-hydrogen) atoms. The van der Waals surface area contributed by atoms with Crippen LogP contribution in [0.2, 0.25) is 0 Å². The number of amides is 1. The van der Waals surface area contributed by atoms with E-state index < -0.39 is 18.1 Å². The highest BCUT2D eigenvalue weighted by molar-refractivity contribution is 5.83. The second-order valence-corrected chi connectivity index (χ2v) is 5.96. The van der Waals surface area contributed by atoms with Crippen molar-refractivity contribution < 1.29 is 19.4 Å². The van der Waals surface area contributed by atoms with Crippen LogP contribution >= 0.6 is 0 Å². The number of aliphatic carboxylic acids is 1. The normalized spacial score (nSPS) is 11.7. The Balaban J connectivity index is 1.62. The van der Waals surface area contributed by atoms with Crippen LogP contribution in [0.15, 0.2) is 72.8 Å². The topological polar surface area (TPSA) is 78.5 Å². The minimum atomic E-state index is -1.35. The van der Waals surface area contributed by atoms with E-state index in [9.17, 15) is 14.7 Å². The fourth-order valence-electron chi connectivity index (χ4n) is 2.70. The van der Waals surface area contributed by atoms with Gasteiger partial charge in [-0.25, -0.2) is 4.79 Å². The molecule has 0 radical (unpaired) electrons. The van der Waals surface area contributed by atoms with Gasteiger partial charge in [-0.3, -0.25) is 0 Å². The average molecular weight is 348 g/mol. The summed E-state index contributed by atoms with van der Waals surface area (Å²) < 4.78 is 5.08. The van der Waals surface area contributed by atoms with Gasteiger partial charge in [-0.2, -0.15) is 0 Å². The maximum Gasteiger partial charge on any atom is 0.408 e. The first-order valence-electron chi connectivity index (χ1n) is 8.27. The van der Waals surface area contributed by atoms with E-state index in [-0.39, 0.29) is 13.0 Å². The molecule has 3 aromatic rings. The van der Waals surface area contributed by atoms with E-state index >= 15 is 0 Å². The Hall–Kier alpha value is -3.34. The lowest BCUT2D eigenvalue weighted by molar-refractivity contribution is -0.308. The Morgan fingerprint density at radius 2 is 1.58 bits per heavy atom. The van der Waals surface area contributed by atoms with Crippen molar-refractivity contribution >= 4 is 22.8 Å². The second kappa shape index (κ2) is 8.16. The fourth-order valence-corrected chi connectivity index (χ4v) is 2.70. The van der Waals surface area contributed by atoms with Crippen LogP contribution in [0, 0.1) is 0 Å². The lowest BCUT2D eigenvalue weighted by Crippen LogP contribution is -2.49. The summed E-state index contributed by atoms with van der Waals surface area (Å²) in [6, 6.07) is 21.5. The third-order valence-corrected chi connectivity index (χ3v) is 4.04. The van der Waals surface area contributed by atoms with Crippen LogP contribution in [-0.4, -0.2) is 18.1 Å². The summed E-state index contributed by atoms with van der Waals surface area (Å²) >= 11 is 0. The summed E-state index contributed by atoms with van der Waals surface area (Å²) in [5, 5.41) is 15.8. The monoisotopic (exact) mass is 348 g/mol. The molecular weight excluding hydrogens is 330 g/mol. The van der Waals surface area contributed by atoms with Gasteiger partial charge in [0.1, 0.15) is 6.61 Å². The zero-order valence-electron chi connectivity index (χ0n) is 14.1. The lowest BCUT2D eigenvalue weighted by atomic mass is 10.0. The molecule has 0 unspecified atom stereocenters. The molecule has 1 atom stereocenters. The molecule has 0 aliphatic rings. The number of carboxylic acid groups (broad SMARTS) is 1. The zero-order valence-corrected chi connectivity index (χ0v) is 14.1. The number of carboxylic acids is 1. The van der Waals surface area contributed by atoms with E-state index in [2.05, 4.69) is 5.32 Å². The van der Waals surface area contributed by atoms with Gasteiger partial charge in [0.2, 0.25) is 0 Å². The smallest absolute Gasteiger partial charge is 0.408 e. The van der Waals surface area contributed by atoms with Gasteiger partial charge in [0, 0.05) is 0 Å². The van der Waals surface area contributed by atoms with Gasteiger partial charge in [0.05, 0.1) is 12.0 Å². The molecule has 1 N–H and O–H groups in total. The Bertz CT molecular complexity index is 908. The van der Waals surface area contributed by atoms with Gasteiger partial charge in [0.25, 0.3) is 0 Å². The van der Waals surface area contributed by atoms with E-state index in [1.807, 2.05) is 72.8 Å². The quantitative estimate of drug-likeness (QED) is 0.742. The molecule has 0 aliphatic heterocycles. The molecule has 0 spiro atoms. The van der Waals surface area contributed by atoms with Crippen LogP contribution in [0.3, 0.4) is 0 Å². The maximum absolute atomic E-state index is 11.9. The molecule has 132 valence electrons. The van der Waals surface area contributed by atoms with E-state index in [1.165, 1.54) is 0 Å². The number of hydrogen-bond acceptors (Lipinski definition) is 4. The molecule has 0 saturated heterocycles. The van der Waals surface area contributed by atoms with E-state index in [0.717, 1.165) is 21.9 Å². The van der Waals surface area contributed by atoms with Crippen LogP contribution in [0.25, 0.3) is 10.8 Å². The molecule has 0 fully saturated rings.